The fraction of sp³-hybridized carbons (Fsp3) is 0.400. The first-order valence-electron chi connectivity index (χ1n) is 6.75. The molecule has 2 unspecified atom stereocenters. The minimum absolute atomic E-state index is 0.0323. The van der Waals surface area contributed by atoms with Gasteiger partial charge in [0.2, 0.25) is 0 Å². The molecule has 0 heterocycles. The van der Waals surface area contributed by atoms with Crippen molar-refractivity contribution in [2.75, 3.05) is 6.61 Å². The van der Waals surface area contributed by atoms with Crippen LogP contribution in [0.5, 0.6) is 0 Å². The quantitative estimate of drug-likeness (QED) is 0.365. The van der Waals surface area contributed by atoms with Crippen LogP contribution >= 0.6 is 11.6 Å². The molecule has 0 amide bonds. The zero-order valence-corrected chi connectivity index (χ0v) is 12.4. The highest BCUT2D eigenvalue weighted by Gasteiger charge is 2.22. The van der Waals surface area contributed by atoms with Crippen LogP contribution in [0.25, 0.3) is 0 Å². The van der Waals surface area contributed by atoms with Crippen molar-refractivity contribution in [1.29, 1.82) is 0 Å². The first-order valence-corrected chi connectivity index (χ1v) is 7.13. The first-order chi connectivity index (χ1) is 9.99. The van der Waals surface area contributed by atoms with Crippen LogP contribution in [-0.4, -0.2) is 17.5 Å². The Kier molecular flexibility index (Phi) is 4.96. The smallest absolute Gasteiger partial charge is 0.339 e. The van der Waals surface area contributed by atoms with Crippen LogP contribution in [0, 0.1) is 22.0 Å². The summed E-state index contributed by atoms with van der Waals surface area (Å²) in [5.74, 6) is 0.102. The van der Waals surface area contributed by atoms with Gasteiger partial charge in [-0.3, -0.25) is 10.1 Å². The molecule has 0 saturated carbocycles. The number of esters is 1. The van der Waals surface area contributed by atoms with E-state index in [1.165, 1.54) is 12.1 Å². The van der Waals surface area contributed by atoms with E-state index in [1.54, 1.807) is 0 Å². The van der Waals surface area contributed by atoms with Gasteiger partial charge in [-0.1, -0.05) is 30.7 Å². The fourth-order valence-electron chi connectivity index (χ4n) is 2.28. The lowest BCUT2D eigenvalue weighted by atomic mass is 9.85. The van der Waals surface area contributed by atoms with Gasteiger partial charge in [-0.05, 0) is 30.7 Å². The molecule has 0 spiro atoms. The number of carbonyl (C=O) groups is 1. The minimum Gasteiger partial charge on any atom is -0.462 e. The summed E-state index contributed by atoms with van der Waals surface area (Å²) in [6.45, 7) is 2.41. The van der Waals surface area contributed by atoms with E-state index in [1.807, 2.05) is 0 Å². The molecule has 0 N–H and O–H groups in total. The third-order valence-corrected chi connectivity index (χ3v) is 4.06. The van der Waals surface area contributed by atoms with E-state index in [0.29, 0.717) is 12.5 Å². The van der Waals surface area contributed by atoms with Gasteiger partial charge >= 0.3 is 5.97 Å². The second-order valence-corrected chi connectivity index (χ2v) is 5.61. The third kappa shape index (κ3) is 3.82. The molecular weight excluding hydrogens is 294 g/mol. The lowest BCUT2D eigenvalue weighted by Gasteiger charge is -2.24. The molecule has 0 radical (unpaired) electrons. The molecule has 21 heavy (non-hydrogen) atoms. The van der Waals surface area contributed by atoms with Crippen LogP contribution < -0.4 is 0 Å². The summed E-state index contributed by atoms with van der Waals surface area (Å²) in [4.78, 5) is 22.2. The number of nitrogens with zero attached hydrogens (tertiary/aromatic N) is 1. The van der Waals surface area contributed by atoms with E-state index in [4.69, 9.17) is 16.3 Å². The van der Waals surface area contributed by atoms with Crippen LogP contribution in [0.4, 0.5) is 5.69 Å². The standard InChI is InChI=1S/C15H16ClNO4/c1-10-4-2-3-5-11(10)9-21-15(18)13-8-12(17(19)20)6-7-14(13)16/h2-3,6-8,10-11H,4-5,9H2,1H3. The van der Waals surface area contributed by atoms with E-state index >= 15 is 0 Å². The van der Waals surface area contributed by atoms with Crippen molar-refractivity contribution in [3.05, 3.63) is 51.1 Å². The Balaban J connectivity index is 2.04. The molecule has 0 aliphatic heterocycles. The number of rotatable bonds is 4. The number of nitro groups is 1. The Morgan fingerprint density at radius 3 is 2.81 bits per heavy atom. The molecule has 112 valence electrons. The molecule has 1 aliphatic carbocycles. The van der Waals surface area contributed by atoms with Gasteiger partial charge in [-0.25, -0.2) is 4.79 Å². The van der Waals surface area contributed by atoms with Crippen molar-refractivity contribution in [2.24, 2.45) is 11.8 Å². The number of halogens is 1. The van der Waals surface area contributed by atoms with Gasteiger partial charge in [0.1, 0.15) is 0 Å². The monoisotopic (exact) mass is 309 g/mol. The predicted octanol–water partition coefficient (Wildman–Crippen LogP) is 4.01. The van der Waals surface area contributed by atoms with Gasteiger partial charge in [0.25, 0.3) is 5.69 Å². The highest BCUT2D eigenvalue weighted by molar-refractivity contribution is 6.33. The zero-order valence-electron chi connectivity index (χ0n) is 11.6. The summed E-state index contributed by atoms with van der Waals surface area (Å²) in [5.41, 5.74) is -0.148. The molecule has 0 saturated heterocycles. The Morgan fingerprint density at radius 1 is 1.43 bits per heavy atom. The summed E-state index contributed by atoms with van der Waals surface area (Å²) in [6, 6.07) is 3.74. The Labute approximate surface area is 127 Å². The van der Waals surface area contributed by atoms with Crippen LogP contribution in [0.3, 0.4) is 0 Å². The molecule has 0 bridgehead atoms. The largest absolute Gasteiger partial charge is 0.462 e. The Morgan fingerprint density at radius 2 is 2.14 bits per heavy atom. The van der Waals surface area contributed by atoms with E-state index < -0.39 is 10.9 Å². The van der Waals surface area contributed by atoms with Crippen LogP contribution in [0.2, 0.25) is 5.02 Å². The van der Waals surface area contributed by atoms with Crippen molar-refractivity contribution in [3.8, 4) is 0 Å². The molecule has 1 aromatic rings. The van der Waals surface area contributed by atoms with E-state index in [9.17, 15) is 14.9 Å². The number of nitro benzene ring substituents is 1. The Hall–Kier alpha value is -1.88. The fourth-order valence-corrected chi connectivity index (χ4v) is 2.48. The maximum atomic E-state index is 12.0. The normalized spacial score (nSPS) is 21.0. The average Bonchev–Trinajstić information content (AvgIpc) is 2.46. The second kappa shape index (κ2) is 6.72. The van der Waals surface area contributed by atoms with Gasteiger partial charge in [0, 0.05) is 12.1 Å². The predicted molar refractivity (Wildman–Crippen MR) is 79.4 cm³/mol. The van der Waals surface area contributed by atoms with Crippen LogP contribution in [0.1, 0.15) is 30.1 Å². The van der Waals surface area contributed by atoms with Crippen molar-refractivity contribution in [2.45, 2.75) is 19.8 Å². The molecule has 6 heteroatoms. The number of ether oxygens (including phenoxy) is 1. The van der Waals surface area contributed by atoms with Gasteiger partial charge < -0.3 is 4.74 Å². The molecule has 2 rings (SSSR count). The lowest BCUT2D eigenvalue weighted by Crippen LogP contribution is -2.21. The highest BCUT2D eigenvalue weighted by atomic mass is 35.5. The number of carbonyl (C=O) groups excluding carboxylic acids is 1. The molecule has 0 fully saturated rings. The summed E-state index contributed by atoms with van der Waals surface area (Å²) in [5, 5.41) is 10.9. The molecule has 2 atom stereocenters. The third-order valence-electron chi connectivity index (χ3n) is 3.73. The summed E-state index contributed by atoms with van der Waals surface area (Å²) >= 11 is 5.91. The molecule has 0 aromatic heterocycles. The Bertz CT molecular complexity index is 585. The second-order valence-electron chi connectivity index (χ2n) is 5.20. The summed E-state index contributed by atoms with van der Waals surface area (Å²) in [6.07, 6.45) is 6.05. The zero-order chi connectivity index (χ0) is 15.4. The molecule has 1 aromatic carbocycles. The molecule has 5 nitrogen and oxygen atoms in total. The van der Waals surface area contributed by atoms with Crippen molar-refractivity contribution >= 4 is 23.3 Å². The van der Waals surface area contributed by atoms with Gasteiger partial charge in [0.15, 0.2) is 0 Å². The number of hydrogen-bond acceptors (Lipinski definition) is 4. The van der Waals surface area contributed by atoms with Gasteiger partial charge in [-0.15, -0.1) is 0 Å². The average molecular weight is 310 g/mol. The maximum Gasteiger partial charge on any atom is 0.339 e. The molecular formula is C15H16ClNO4. The topological polar surface area (TPSA) is 69.4 Å². The van der Waals surface area contributed by atoms with Gasteiger partial charge in [0.05, 0.1) is 22.1 Å². The summed E-state index contributed by atoms with van der Waals surface area (Å²) < 4.78 is 5.27. The van der Waals surface area contributed by atoms with E-state index in [-0.39, 0.29) is 22.2 Å². The first kappa shape index (κ1) is 15.5. The van der Waals surface area contributed by atoms with E-state index in [2.05, 4.69) is 19.1 Å². The van der Waals surface area contributed by atoms with E-state index in [0.717, 1.165) is 18.9 Å². The number of allylic oxidation sites excluding steroid dienone is 2. The van der Waals surface area contributed by atoms with Crippen molar-refractivity contribution in [1.82, 2.24) is 0 Å². The number of hydrogen-bond donors (Lipinski definition) is 0. The molecule has 1 aliphatic rings. The number of non-ortho nitro benzene ring substituents is 1. The van der Waals surface area contributed by atoms with Crippen molar-refractivity contribution in [3.63, 3.8) is 0 Å². The minimum atomic E-state index is -0.620. The van der Waals surface area contributed by atoms with Crippen LogP contribution in [-0.2, 0) is 4.74 Å². The summed E-state index contributed by atoms with van der Waals surface area (Å²) in [7, 11) is 0. The number of benzene rings is 1. The van der Waals surface area contributed by atoms with Crippen LogP contribution in [0.15, 0.2) is 30.4 Å². The van der Waals surface area contributed by atoms with Gasteiger partial charge in [-0.2, -0.15) is 0 Å². The van der Waals surface area contributed by atoms with Crippen molar-refractivity contribution < 1.29 is 14.5 Å². The lowest BCUT2D eigenvalue weighted by molar-refractivity contribution is -0.384. The maximum absolute atomic E-state index is 12.0. The SMILES string of the molecule is CC1CC=CCC1COC(=O)c1cc([N+](=O)[O-])ccc1Cl. The highest BCUT2D eigenvalue weighted by Crippen LogP contribution is 2.27.